The zero-order chi connectivity index (χ0) is 26.8. The molecule has 36 heavy (non-hydrogen) atoms. The predicted octanol–water partition coefficient (Wildman–Crippen LogP) is 6.83. The van der Waals surface area contributed by atoms with E-state index in [-0.39, 0.29) is 56.4 Å². The maximum absolute atomic E-state index is 13.6. The molecule has 7 nitrogen and oxygen atoms in total. The van der Waals surface area contributed by atoms with Crippen molar-refractivity contribution in [2.45, 2.75) is 38.5 Å². The number of carbonyl (C=O) groups is 2. The van der Waals surface area contributed by atoms with Crippen LogP contribution in [0.4, 0.5) is 13.2 Å². The molecule has 1 aromatic heterocycles. The van der Waals surface area contributed by atoms with Gasteiger partial charge in [0.15, 0.2) is 11.4 Å². The Morgan fingerprint density at radius 1 is 1.11 bits per heavy atom. The molecule has 0 radical (unpaired) electrons. The van der Waals surface area contributed by atoms with Gasteiger partial charge in [-0.15, -0.1) is 0 Å². The van der Waals surface area contributed by atoms with E-state index in [2.05, 4.69) is 9.97 Å². The maximum Gasteiger partial charge on any atom is 0.435 e. The summed E-state index contributed by atoms with van der Waals surface area (Å²) in [6, 6.07) is 6.39. The van der Waals surface area contributed by atoms with Crippen LogP contribution in [-0.4, -0.2) is 32.1 Å². The van der Waals surface area contributed by atoms with Crippen LogP contribution in [0.2, 0.25) is 15.1 Å². The molecule has 0 amide bonds. The van der Waals surface area contributed by atoms with Gasteiger partial charge in [0, 0.05) is 17.0 Å². The standard InChI is InChI=1S/C23H18Cl3F3N2O5/c1-2-3-16-30-18(20(31-16)23(27,28)29)17(22(34)35)11-6-14(25)19(15(26)7-11)36-9-10-4-5-12(24)8-13(10)21(32)33/h4-8,17H,2-3,9H2,1H3,(H,30,31)(H,32,33)(H,34,35). The molecule has 1 atom stereocenters. The molecule has 13 heteroatoms. The predicted molar refractivity (Wildman–Crippen MR) is 126 cm³/mol. The van der Waals surface area contributed by atoms with Gasteiger partial charge in [0.05, 0.1) is 21.3 Å². The number of nitrogens with one attached hydrogen (secondary N) is 1. The number of aromatic nitrogens is 2. The summed E-state index contributed by atoms with van der Waals surface area (Å²) in [5.41, 5.74) is -1.98. The Balaban J connectivity index is 2.00. The highest BCUT2D eigenvalue weighted by Gasteiger charge is 2.41. The van der Waals surface area contributed by atoms with Gasteiger partial charge in [-0.3, -0.25) is 4.79 Å². The fourth-order valence-electron chi connectivity index (χ4n) is 3.56. The van der Waals surface area contributed by atoms with Crippen molar-refractivity contribution in [1.82, 2.24) is 9.97 Å². The van der Waals surface area contributed by atoms with Crippen LogP contribution in [0.15, 0.2) is 30.3 Å². The van der Waals surface area contributed by atoms with Crippen molar-refractivity contribution in [2.75, 3.05) is 0 Å². The van der Waals surface area contributed by atoms with Crippen molar-refractivity contribution in [3.63, 3.8) is 0 Å². The zero-order valence-corrected chi connectivity index (χ0v) is 20.7. The summed E-state index contributed by atoms with van der Waals surface area (Å²) >= 11 is 18.4. The monoisotopic (exact) mass is 564 g/mol. The zero-order valence-electron chi connectivity index (χ0n) is 18.4. The van der Waals surface area contributed by atoms with Gasteiger partial charge in [0.2, 0.25) is 0 Å². The fourth-order valence-corrected chi connectivity index (χ4v) is 4.34. The van der Waals surface area contributed by atoms with E-state index in [0.717, 1.165) is 12.1 Å². The first-order valence-electron chi connectivity index (χ1n) is 10.4. The second-order valence-corrected chi connectivity index (χ2v) is 8.92. The number of halogens is 6. The van der Waals surface area contributed by atoms with E-state index in [0.29, 0.717) is 6.42 Å². The Morgan fingerprint density at radius 2 is 1.75 bits per heavy atom. The van der Waals surface area contributed by atoms with E-state index in [4.69, 9.17) is 39.5 Å². The van der Waals surface area contributed by atoms with Gasteiger partial charge in [-0.1, -0.05) is 47.8 Å². The molecule has 0 aliphatic heterocycles. The topological polar surface area (TPSA) is 113 Å². The van der Waals surface area contributed by atoms with E-state index >= 15 is 0 Å². The van der Waals surface area contributed by atoms with Crippen molar-refractivity contribution >= 4 is 46.7 Å². The summed E-state index contributed by atoms with van der Waals surface area (Å²) in [6.45, 7) is 1.46. The van der Waals surface area contributed by atoms with Gasteiger partial charge < -0.3 is 19.9 Å². The molecular formula is C23H18Cl3F3N2O5. The lowest BCUT2D eigenvalue weighted by molar-refractivity contribution is -0.143. The molecule has 0 bridgehead atoms. The van der Waals surface area contributed by atoms with E-state index in [1.807, 2.05) is 0 Å². The van der Waals surface area contributed by atoms with Crippen LogP contribution in [0, 0.1) is 0 Å². The number of carboxylic acid groups (broad SMARTS) is 2. The Bertz CT molecular complexity index is 1290. The Kier molecular flexibility index (Phi) is 8.43. The molecule has 0 fully saturated rings. The molecule has 3 rings (SSSR count). The Labute approximate surface area is 217 Å². The van der Waals surface area contributed by atoms with E-state index in [1.165, 1.54) is 18.2 Å². The SMILES string of the molecule is CCCc1nc(C(F)(F)F)c(C(C(=O)O)c2cc(Cl)c(OCc3ccc(Cl)cc3C(=O)O)c(Cl)c2)[nH]1. The number of aromatic carboxylic acids is 1. The summed E-state index contributed by atoms with van der Waals surface area (Å²) in [4.78, 5) is 29.6. The first kappa shape index (κ1) is 27.6. The van der Waals surface area contributed by atoms with Crippen molar-refractivity contribution in [3.05, 3.63) is 79.3 Å². The average molecular weight is 566 g/mol. The lowest BCUT2D eigenvalue weighted by Crippen LogP contribution is -2.19. The molecule has 3 aromatic rings. The molecule has 2 aromatic carbocycles. The van der Waals surface area contributed by atoms with Crippen molar-refractivity contribution < 1.29 is 37.7 Å². The molecular weight excluding hydrogens is 548 g/mol. The Morgan fingerprint density at radius 3 is 2.28 bits per heavy atom. The normalized spacial score (nSPS) is 12.4. The van der Waals surface area contributed by atoms with Crippen LogP contribution in [0.25, 0.3) is 0 Å². The van der Waals surface area contributed by atoms with Gasteiger partial charge in [-0.25, -0.2) is 9.78 Å². The number of hydrogen-bond donors (Lipinski definition) is 3. The first-order valence-corrected chi connectivity index (χ1v) is 11.5. The number of hydrogen-bond acceptors (Lipinski definition) is 4. The summed E-state index contributed by atoms with van der Waals surface area (Å²) < 4.78 is 46.5. The molecule has 3 N–H and O–H groups in total. The van der Waals surface area contributed by atoms with Crippen LogP contribution in [-0.2, 0) is 24.0 Å². The molecule has 0 aliphatic carbocycles. The number of aliphatic carboxylic acids is 1. The van der Waals surface area contributed by atoms with Gasteiger partial charge in [0.1, 0.15) is 18.3 Å². The molecule has 1 unspecified atom stereocenters. The second kappa shape index (κ2) is 11.0. The average Bonchev–Trinajstić information content (AvgIpc) is 3.18. The maximum atomic E-state index is 13.6. The fraction of sp³-hybridized carbons (Fsp3) is 0.261. The molecule has 0 spiro atoms. The molecule has 192 valence electrons. The number of imidazole rings is 1. The summed E-state index contributed by atoms with van der Waals surface area (Å²) in [5.74, 6) is -4.74. The molecule has 0 saturated carbocycles. The lowest BCUT2D eigenvalue weighted by atomic mass is 9.94. The first-order chi connectivity index (χ1) is 16.8. The van der Waals surface area contributed by atoms with Gasteiger partial charge in [-0.05, 0) is 36.2 Å². The van der Waals surface area contributed by atoms with E-state index < -0.39 is 35.4 Å². The molecule has 1 heterocycles. The van der Waals surface area contributed by atoms with Gasteiger partial charge in [0.25, 0.3) is 0 Å². The van der Waals surface area contributed by atoms with Gasteiger partial charge >= 0.3 is 18.1 Å². The number of H-pyrrole nitrogens is 1. The third kappa shape index (κ3) is 6.05. The van der Waals surface area contributed by atoms with E-state index in [9.17, 15) is 33.0 Å². The lowest BCUT2D eigenvalue weighted by Gasteiger charge is -2.17. The molecule has 0 aliphatic rings. The van der Waals surface area contributed by atoms with Crippen molar-refractivity contribution in [3.8, 4) is 5.75 Å². The minimum atomic E-state index is -4.90. The quantitative estimate of drug-likeness (QED) is 0.262. The van der Waals surface area contributed by atoms with Crippen LogP contribution in [0.5, 0.6) is 5.75 Å². The number of aryl methyl sites for hydroxylation is 1. The molecule has 0 saturated heterocycles. The largest absolute Gasteiger partial charge is 0.486 e. The highest BCUT2D eigenvalue weighted by Crippen LogP contribution is 2.41. The smallest absolute Gasteiger partial charge is 0.435 e. The van der Waals surface area contributed by atoms with Crippen LogP contribution in [0.3, 0.4) is 0 Å². The van der Waals surface area contributed by atoms with Gasteiger partial charge in [-0.2, -0.15) is 13.2 Å². The highest BCUT2D eigenvalue weighted by atomic mass is 35.5. The number of ether oxygens (including phenoxy) is 1. The summed E-state index contributed by atoms with van der Waals surface area (Å²) in [6.07, 6.45) is -4.22. The minimum absolute atomic E-state index is 0.000390. The number of nitrogens with zero attached hydrogens (tertiary/aromatic N) is 1. The number of alkyl halides is 3. The third-order valence-electron chi connectivity index (χ3n) is 5.10. The third-order valence-corrected chi connectivity index (χ3v) is 5.90. The van der Waals surface area contributed by atoms with E-state index in [1.54, 1.807) is 6.92 Å². The summed E-state index contributed by atoms with van der Waals surface area (Å²) in [5, 5.41) is 19.0. The number of rotatable bonds is 9. The van der Waals surface area contributed by atoms with Crippen LogP contribution in [0.1, 0.15) is 58.0 Å². The van der Waals surface area contributed by atoms with Crippen molar-refractivity contribution in [1.29, 1.82) is 0 Å². The van der Waals surface area contributed by atoms with Crippen LogP contribution < -0.4 is 4.74 Å². The second-order valence-electron chi connectivity index (χ2n) is 7.67. The number of benzene rings is 2. The van der Waals surface area contributed by atoms with Crippen molar-refractivity contribution in [2.24, 2.45) is 0 Å². The minimum Gasteiger partial charge on any atom is -0.486 e. The highest BCUT2D eigenvalue weighted by molar-refractivity contribution is 6.37. The number of carboxylic acids is 2. The number of aromatic amines is 1. The van der Waals surface area contributed by atoms with Crippen LogP contribution >= 0.6 is 34.8 Å². The summed E-state index contributed by atoms with van der Waals surface area (Å²) in [7, 11) is 0. The Hall–Kier alpha value is -2.95.